The van der Waals surface area contributed by atoms with Crippen molar-refractivity contribution in [1.82, 2.24) is 10.2 Å². The predicted octanol–water partition coefficient (Wildman–Crippen LogP) is 2.10. The fourth-order valence-electron chi connectivity index (χ4n) is 2.73. The zero-order chi connectivity index (χ0) is 11.1. The summed E-state index contributed by atoms with van der Waals surface area (Å²) in [5, 5.41) is 3.85. The molecule has 15 heavy (non-hydrogen) atoms. The predicted molar refractivity (Wildman–Crippen MR) is 65.0 cm³/mol. The van der Waals surface area contributed by atoms with Gasteiger partial charge in [0.05, 0.1) is 0 Å². The van der Waals surface area contributed by atoms with Crippen molar-refractivity contribution in [2.75, 3.05) is 19.6 Å². The Morgan fingerprint density at radius 1 is 1.20 bits per heavy atom. The molecule has 3 saturated heterocycles. The molecule has 3 heterocycles. The van der Waals surface area contributed by atoms with Crippen LogP contribution in [0.15, 0.2) is 0 Å². The van der Waals surface area contributed by atoms with Gasteiger partial charge in [-0.15, -0.1) is 0 Å². The summed E-state index contributed by atoms with van der Waals surface area (Å²) in [6, 6.07) is 1.37. The largest absolute Gasteiger partial charge is 0.309 e. The Hall–Kier alpha value is -0.0800. The van der Waals surface area contributed by atoms with Gasteiger partial charge in [-0.3, -0.25) is 0 Å². The maximum atomic E-state index is 3.85. The highest BCUT2D eigenvalue weighted by atomic mass is 15.2. The second-order valence-corrected chi connectivity index (χ2v) is 6.50. The van der Waals surface area contributed by atoms with Crippen LogP contribution in [0.25, 0.3) is 0 Å². The first-order chi connectivity index (χ1) is 6.97. The maximum absolute atomic E-state index is 3.85. The molecule has 0 aromatic rings. The van der Waals surface area contributed by atoms with E-state index in [1.807, 2.05) is 0 Å². The first-order valence-electron chi connectivity index (χ1n) is 6.45. The van der Waals surface area contributed by atoms with Gasteiger partial charge in [0, 0.05) is 18.6 Å². The molecule has 0 amide bonds. The number of hydrogen-bond donors (Lipinski definition) is 1. The van der Waals surface area contributed by atoms with Gasteiger partial charge in [-0.2, -0.15) is 0 Å². The summed E-state index contributed by atoms with van der Waals surface area (Å²) < 4.78 is 0. The molecule has 2 unspecified atom stereocenters. The third-order valence-corrected chi connectivity index (χ3v) is 4.42. The van der Waals surface area contributed by atoms with Gasteiger partial charge in [-0.05, 0) is 44.2 Å². The minimum atomic E-state index is 0.381. The van der Waals surface area contributed by atoms with Crippen molar-refractivity contribution in [2.45, 2.75) is 52.6 Å². The maximum Gasteiger partial charge on any atom is 0.0226 e. The van der Waals surface area contributed by atoms with E-state index >= 15 is 0 Å². The van der Waals surface area contributed by atoms with E-state index in [9.17, 15) is 0 Å². The fourth-order valence-corrected chi connectivity index (χ4v) is 2.73. The summed E-state index contributed by atoms with van der Waals surface area (Å²) in [5.74, 6) is 0.944. The highest BCUT2D eigenvalue weighted by molar-refractivity contribution is 4.93. The van der Waals surface area contributed by atoms with E-state index in [-0.39, 0.29) is 0 Å². The van der Waals surface area contributed by atoms with Crippen molar-refractivity contribution in [3.05, 3.63) is 0 Å². The molecule has 0 spiro atoms. The molecule has 2 nitrogen and oxygen atoms in total. The van der Waals surface area contributed by atoms with Crippen LogP contribution < -0.4 is 5.32 Å². The molecule has 0 aliphatic carbocycles. The van der Waals surface area contributed by atoms with E-state index in [0.717, 1.165) is 12.0 Å². The van der Waals surface area contributed by atoms with Crippen LogP contribution in [0.3, 0.4) is 0 Å². The lowest BCUT2D eigenvalue weighted by molar-refractivity contribution is 0.0592. The van der Waals surface area contributed by atoms with Crippen molar-refractivity contribution in [1.29, 1.82) is 0 Å². The second-order valence-electron chi connectivity index (χ2n) is 6.50. The Morgan fingerprint density at radius 2 is 1.80 bits per heavy atom. The first-order valence-corrected chi connectivity index (χ1v) is 6.45. The first kappa shape index (κ1) is 11.4. The zero-order valence-corrected chi connectivity index (χ0v) is 10.7. The third-order valence-electron chi connectivity index (χ3n) is 4.42. The summed E-state index contributed by atoms with van der Waals surface area (Å²) in [6.07, 6.45) is 2.82. The van der Waals surface area contributed by atoms with Crippen molar-refractivity contribution < 1.29 is 0 Å². The van der Waals surface area contributed by atoms with Crippen LogP contribution in [0.5, 0.6) is 0 Å². The monoisotopic (exact) mass is 210 g/mol. The summed E-state index contributed by atoms with van der Waals surface area (Å²) in [5.41, 5.74) is 0.381. The number of rotatable bonds is 2. The van der Waals surface area contributed by atoms with E-state index in [1.165, 1.54) is 32.5 Å². The molecule has 88 valence electrons. The molecule has 0 aromatic heterocycles. The van der Waals surface area contributed by atoms with Crippen LogP contribution in [-0.2, 0) is 0 Å². The highest BCUT2D eigenvalue weighted by Crippen LogP contribution is 2.29. The Balaban J connectivity index is 1.90. The van der Waals surface area contributed by atoms with Crippen molar-refractivity contribution in [3.8, 4) is 0 Å². The molecule has 0 radical (unpaired) electrons. The Kier molecular flexibility index (Phi) is 3.09. The average molecular weight is 210 g/mol. The quantitative estimate of drug-likeness (QED) is 0.751. The molecule has 2 atom stereocenters. The van der Waals surface area contributed by atoms with Gasteiger partial charge >= 0.3 is 0 Å². The summed E-state index contributed by atoms with van der Waals surface area (Å²) in [4.78, 5) is 2.62. The van der Waals surface area contributed by atoms with Gasteiger partial charge in [0.2, 0.25) is 0 Å². The number of fused-ring (bicyclic) bond motifs is 3. The lowest BCUT2D eigenvalue weighted by Gasteiger charge is -2.47. The molecule has 3 aliphatic rings. The van der Waals surface area contributed by atoms with Crippen LogP contribution in [0, 0.1) is 11.3 Å². The topological polar surface area (TPSA) is 15.3 Å². The standard InChI is InChI=1S/C13H26N2/c1-10(13(2,3)4)14-12-9-15-7-5-11(12)6-8-15/h10-12,14H,5-9H2,1-4H3. The Labute approximate surface area is 94.4 Å². The number of hydrogen-bond acceptors (Lipinski definition) is 2. The molecule has 3 rings (SSSR count). The average Bonchev–Trinajstić information content (AvgIpc) is 2.18. The molecule has 2 bridgehead atoms. The Bertz CT molecular complexity index is 211. The molecular formula is C13H26N2. The smallest absolute Gasteiger partial charge is 0.0226 e. The van der Waals surface area contributed by atoms with E-state index in [4.69, 9.17) is 0 Å². The summed E-state index contributed by atoms with van der Waals surface area (Å²) in [7, 11) is 0. The van der Waals surface area contributed by atoms with Gasteiger partial charge in [0.15, 0.2) is 0 Å². The molecule has 2 heteroatoms. The molecule has 3 fully saturated rings. The molecule has 1 N–H and O–H groups in total. The van der Waals surface area contributed by atoms with Crippen LogP contribution in [0.4, 0.5) is 0 Å². The fraction of sp³-hybridized carbons (Fsp3) is 1.00. The minimum Gasteiger partial charge on any atom is -0.309 e. The SMILES string of the molecule is CC(NC1CN2CCC1CC2)C(C)(C)C. The molecule has 3 aliphatic heterocycles. The van der Waals surface area contributed by atoms with Gasteiger partial charge in [0.1, 0.15) is 0 Å². The van der Waals surface area contributed by atoms with E-state index in [1.54, 1.807) is 0 Å². The summed E-state index contributed by atoms with van der Waals surface area (Å²) >= 11 is 0. The lowest BCUT2D eigenvalue weighted by Crippen LogP contribution is -2.59. The van der Waals surface area contributed by atoms with Gasteiger partial charge in [-0.1, -0.05) is 20.8 Å². The van der Waals surface area contributed by atoms with Crippen LogP contribution in [-0.4, -0.2) is 36.6 Å². The number of nitrogens with one attached hydrogen (secondary N) is 1. The second kappa shape index (κ2) is 4.06. The lowest BCUT2D eigenvalue weighted by atomic mass is 9.81. The van der Waals surface area contributed by atoms with Crippen molar-refractivity contribution >= 4 is 0 Å². The van der Waals surface area contributed by atoms with Gasteiger partial charge in [0.25, 0.3) is 0 Å². The van der Waals surface area contributed by atoms with E-state index in [2.05, 4.69) is 37.9 Å². The van der Waals surface area contributed by atoms with Gasteiger partial charge < -0.3 is 10.2 Å². The minimum absolute atomic E-state index is 0.381. The van der Waals surface area contributed by atoms with E-state index < -0.39 is 0 Å². The molecule has 0 saturated carbocycles. The van der Waals surface area contributed by atoms with Gasteiger partial charge in [-0.25, -0.2) is 0 Å². The van der Waals surface area contributed by atoms with Crippen molar-refractivity contribution in [3.63, 3.8) is 0 Å². The Morgan fingerprint density at radius 3 is 2.20 bits per heavy atom. The number of nitrogens with zero attached hydrogens (tertiary/aromatic N) is 1. The number of piperidine rings is 3. The summed E-state index contributed by atoms with van der Waals surface area (Å²) in [6.45, 7) is 13.3. The van der Waals surface area contributed by atoms with E-state index in [0.29, 0.717) is 11.5 Å². The molecular weight excluding hydrogens is 184 g/mol. The third kappa shape index (κ3) is 2.54. The zero-order valence-electron chi connectivity index (χ0n) is 10.7. The normalized spacial score (nSPS) is 38.0. The highest BCUT2D eigenvalue weighted by Gasteiger charge is 2.35. The van der Waals surface area contributed by atoms with Crippen molar-refractivity contribution in [2.24, 2.45) is 11.3 Å². The van der Waals surface area contributed by atoms with Crippen LogP contribution in [0.1, 0.15) is 40.5 Å². The van der Waals surface area contributed by atoms with Crippen LogP contribution in [0.2, 0.25) is 0 Å². The molecule has 0 aromatic carbocycles. The van der Waals surface area contributed by atoms with Crippen LogP contribution >= 0.6 is 0 Å².